The molecule has 1 aromatic carbocycles. The van der Waals surface area contributed by atoms with Crippen LogP contribution in [0, 0.1) is 0 Å². The van der Waals surface area contributed by atoms with Crippen LogP contribution in [0.15, 0.2) is 28.7 Å². The van der Waals surface area contributed by atoms with Crippen molar-refractivity contribution < 1.29 is 14.3 Å². The van der Waals surface area contributed by atoms with Gasteiger partial charge in [0, 0.05) is 5.39 Å². The van der Waals surface area contributed by atoms with Crippen LogP contribution in [0.3, 0.4) is 0 Å². The molecule has 2 rings (SSSR count). The third-order valence-electron chi connectivity index (χ3n) is 2.43. The van der Waals surface area contributed by atoms with Gasteiger partial charge in [-0.25, -0.2) is 0 Å². The fourth-order valence-electron chi connectivity index (χ4n) is 1.58. The van der Waals surface area contributed by atoms with Crippen LogP contribution in [0.4, 0.5) is 0 Å². The standard InChI is InChI=1S/C13H15ClO3/c1-8(2)16-7-11(15)12-6-9-4-3-5-10(14)13(9)17-12/h3-6,8,11,15H,7H2,1-2H3. The molecule has 0 aliphatic carbocycles. The number of halogens is 1. The average molecular weight is 255 g/mol. The molecular formula is C13H15ClO3. The molecule has 0 spiro atoms. The molecule has 0 bridgehead atoms. The van der Waals surface area contributed by atoms with E-state index in [9.17, 15) is 5.11 Å². The van der Waals surface area contributed by atoms with Gasteiger partial charge in [0.25, 0.3) is 0 Å². The van der Waals surface area contributed by atoms with Crippen LogP contribution in [0.5, 0.6) is 0 Å². The third-order valence-corrected chi connectivity index (χ3v) is 2.73. The molecule has 1 aromatic heterocycles. The number of aliphatic hydroxyl groups excluding tert-OH is 1. The zero-order chi connectivity index (χ0) is 12.4. The Balaban J connectivity index is 2.21. The Morgan fingerprint density at radius 1 is 1.41 bits per heavy atom. The first-order chi connectivity index (χ1) is 8.08. The van der Waals surface area contributed by atoms with Crippen molar-refractivity contribution in [2.75, 3.05) is 6.61 Å². The van der Waals surface area contributed by atoms with Gasteiger partial charge in [-0.3, -0.25) is 0 Å². The number of fused-ring (bicyclic) bond motifs is 1. The van der Waals surface area contributed by atoms with Gasteiger partial charge < -0.3 is 14.3 Å². The number of hydrogen-bond donors (Lipinski definition) is 1. The van der Waals surface area contributed by atoms with E-state index in [0.29, 0.717) is 16.4 Å². The van der Waals surface area contributed by atoms with Crippen LogP contribution < -0.4 is 0 Å². The molecule has 0 aliphatic rings. The van der Waals surface area contributed by atoms with Crippen molar-refractivity contribution in [1.29, 1.82) is 0 Å². The first-order valence-corrected chi connectivity index (χ1v) is 5.93. The molecule has 0 aliphatic heterocycles. The van der Waals surface area contributed by atoms with E-state index in [4.69, 9.17) is 20.8 Å². The molecule has 2 aromatic rings. The third kappa shape index (κ3) is 2.80. The Kier molecular flexibility index (Phi) is 3.72. The van der Waals surface area contributed by atoms with Crippen molar-refractivity contribution in [2.45, 2.75) is 26.1 Å². The number of para-hydroxylation sites is 1. The summed E-state index contributed by atoms with van der Waals surface area (Å²) in [5, 5.41) is 11.3. The summed E-state index contributed by atoms with van der Waals surface area (Å²) in [6.45, 7) is 4.06. The number of rotatable bonds is 4. The molecule has 1 heterocycles. The minimum absolute atomic E-state index is 0.0811. The van der Waals surface area contributed by atoms with Gasteiger partial charge in [0.15, 0.2) is 5.58 Å². The van der Waals surface area contributed by atoms with Crippen LogP contribution in [0.1, 0.15) is 25.7 Å². The van der Waals surface area contributed by atoms with Crippen LogP contribution in [0.25, 0.3) is 11.0 Å². The molecular weight excluding hydrogens is 240 g/mol. The summed E-state index contributed by atoms with van der Waals surface area (Å²) in [5.74, 6) is 0.480. The highest BCUT2D eigenvalue weighted by Gasteiger charge is 2.15. The fourth-order valence-corrected chi connectivity index (χ4v) is 1.80. The lowest BCUT2D eigenvalue weighted by molar-refractivity contribution is -0.00287. The second kappa shape index (κ2) is 5.08. The van der Waals surface area contributed by atoms with E-state index < -0.39 is 6.10 Å². The second-order valence-corrected chi connectivity index (χ2v) is 4.61. The normalized spacial score (nSPS) is 13.5. The molecule has 17 heavy (non-hydrogen) atoms. The number of furan rings is 1. The summed E-state index contributed by atoms with van der Waals surface area (Å²) in [6, 6.07) is 7.29. The average Bonchev–Trinajstić information content (AvgIpc) is 2.71. The molecule has 4 heteroatoms. The summed E-state index contributed by atoms with van der Waals surface area (Å²) in [7, 11) is 0. The van der Waals surface area contributed by atoms with E-state index in [0.717, 1.165) is 5.39 Å². The topological polar surface area (TPSA) is 42.6 Å². The predicted molar refractivity (Wildman–Crippen MR) is 67.3 cm³/mol. The summed E-state index contributed by atoms with van der Waals surface area (Å²) in [5.41, 5.74) is 0.604. The van der Waals surface area contributed by atoms with Crippen molar-refractivity contribution in [1.82, 2.24) is 0 Å². The molecule has 1 N–H and O–H groups in total. The zero-order valence-electron chi connectivity index (χ0n) is 9.81. The maximum Gasteiger partial charge on any atom is 0.152 e. The monoisotopic (exact) mass is 254 g/mol. The molecule has 1 unspecified atom stereocenters. The molecule has 0 saturated carbocycles. The van der Waals surface area contributed by atoms with Gasteiger partial charge in [0.2, 0.25) is 0 Å². The lowest BCUT2D eigenvalue weighted by Gasteiger charge is -2.10. The minimum Gasteiger partial charge on any atom is -0.457 e. The summed E-state index contributed by atoms with van der Waals surface area (Å²) in [6.07, 6.45) is -0.682. The van der Waals surface area contributed by atoms with E-state index in [1.54, 1.807) is 12.1 Å². The SMILES string of the molecule is CC(C)OCC(O)c1cc2cccc(Cl)c2o1. The first kappa shape index (κ1) is 12.4. The Bertz CT molecular complexity index is 504. The van der Waals surface area contributed by atoms with Crippen LogP contribution >= 0.6 is 11.6 Å². The van der Waals surface area contributed by atoms with Gasteiger partial charge in [0.05, 0.1) is 17.7 Å². The molecule has 1 atom stereocenters. The number of aliphatic hydroxyl groups is 1. The maximum absolute atomic E-state index is 9.90. The molecule has 92 valence electrons. The van der Waals surface area contributed by atoms with E-state index >= 15 is 0 Å². The molecule has 3 nitrogen and oxygen atoms in total. The second-order valence-electron chi connectivity index (χ2n) is 4.20. The smallest absolute Gasteiger partial charge is 0.152 e. The Hall–Kier alpha value is -1.03. The number of hydrogen-bond acceptors (Lipinski definition) is 3. The number of benzene rings is 1. The van der Waals surface area contributed by atoms with E-state index in [1.165, 1.54) is 0 Å². The first-order valence-electron chi connectivity index (χ1n) is 5.55. The lowest BCUT2D eigenvalue weighted by Crippen LogP contribution is -2.11. The van der Waals surface area contributed by atoms with Gasteiger partial charge in [-0.2, -0.15) is 0 Å². The lowest BCUT2D eigenvalue weighted by atomic mass is 10.2. The highest BCUT2D eigenvalue weighted by atomic mass is 35.5. The molecule has 0 radical (unpaired) electrons. The largest absolute Gasteiger partial charge is 0.457 e. The van der Waals surface area contributed by atoms with Crippen molar-refractivity contribution >= 4 is 22.6 Å². The fraction of sp³-hybridized carbons (Fsp3) is 0.385. The van der Waals surface area contributed by atoms with E-state index in [-0.39, 0.29) is 12.7 Å². The van der Waals surface area contributed by atoms with Crippen molar-refractivity contribution in [2.24, 2.45) is 0 Å². The van der Waals surface area contributed by atoms with Gasteiger partial charge >= 0.3 is 0 Å². The summed E-state index contributed by atoms with van der Waals surface area (Å²) >= 11 is 6.00. The van der Waals surface area contributed by atoms with Gasteiger partial charge in [-0.15, -0.1) is 0 Å². The summed E-state index contributed by atoms with van der Waals surface area (Å²) < 4.78 is 10.9. The van der Waals surface area contributed by atoms with E-state index in [1.807, 2.05) is 26.0 Å². The number of ether oxygens (including phenoxy) is 1. The summed E-state index contributed by atoms with van der Waals surface area (Å²) in [4.78, 5) is 0. The highest BCUT2D eigenvalue weighted by Crippen LogP contribution is 2.29. The molecule has 0 fully saturated rings. The Morgan fingerprint density at radius 3 is 2.82 bits per heavy atom. The zero-order valence-corrected chi connectivity index (χ0v) is 10.6. The molecule has 0 amide bonds. The molecule has 0 saturated heterocycles. The van der Waals surface area contributed by atoms with E-state index in [2.05, 4.69) is 0 Å². The maximum atomic E-state index is 9.90. The predicted octanol–water partition coefficient (Wildman–Crippen LogP) is 3.54. The van der Waals surface area contributed by atoms with Crippen molar-refractivity contribution in [3.05, 3.63) is 35.0 Å². The highest BCUT2D eigenvalue weighted by molar-refractivity contribution is 6.34. The minimum atomic E-state index is -0.763. The quantitative estimate of drug-likeness (QED) is 0.907. The van der Waals surface area contributed by atoms with Crippen LogP contribution in [-0.4, -0.2) is 17.8 Å². The Labute approximate surface area is 105 Å². The van der Waals surface area contributed by atoms with Crippen molar-refractivity contribution in [3.8, 4) is 0 Å². The van der Waals surface area contributed by atoms with Crippen LogP contribution in [-0.2, 0) is 4.74 Å². The Morgan fingerprint density at radius 2 is 2.18 bits per heavy atom. The van der Waals surface area contributed by atoms with Crippen molar-refractivity contribution in [3.63, 3.8) is 0 Å². The van der Waals surface area contributed by atoms with Gasteiger partial charge in [-0.05, 0) is 26.0 Å². The van der Waals surface area contributed by atoms with Crippen LogP contribution in [0.2, 0.25) is 5.02 Å². The van der Waals surface area contributed by atoms with Gasteiger partial charge in [-0.1, -0.05) is 23.7 Å². The van der Waals surface area contributed by atoms with Gasteiger partial charge in [0.1, 0.15) is 11.9 Å².